The Morgan fingerprint density at radius 2 is 2.10 bits per heavy atom. The molecular formula is C17H26O3. The van der Waals surface area contributed by atoms with Gasteiger partial charge in [-0.3, -0.25) is 4.79 Å². The van der Waals surface area contributed by atoms with Crippen molar-refractivity contribution in [2.75, 3.05) is 0 Å². The molecule has 1 aliphatic carbocycles. The van der Waals surface area contributed by atoms with Crippen molar-refractivity contribution in [3.05, 3.63) is 23.8 Å². The summed E-state index contributed by atoms with van der Waals surface area (Å²) in [5, 5.41) is 0. The maximum Gasteiger partial charge on any atom is 0.303 e. The van der Waals surface area contributed by atoms with Crippen LogP contribution in [0.25, 0.3) is 0 Å². The lowest BCUT2D eigenvalue weighted by Gasteiger charge is -2.21. The van der Waals surface area contributed by atoms with Crippen molar-refractivity contribution >= 4 is 5.97 Å². The topological polar surface area (TPSA) is 38.8 Å². The van der Waals surface area contributed by atoms with E-state index in [1.54, 1.807) is 0 Å². The predicted molar refractivity (Wildman–Crippen MR) is 79.4 cm³/mol. The Bertz CT molecular complexity index is 447. The van der Waals surface area contributed by atoms with Gasteiger partial charge in [0.25, 0.3) is 0 Å². The molecule has 0 unspecified atom stereocenters. The molecule has 0 N–H and O–H groups in total. The molecule has 112 valence electrons. The van der Waals surface area contributed by atoms with Crippen LogP contribution in [0.15, 0.2) is 23.8 Å². The maximum atomic E-state index is 11.2. The van der Waals surface area contributed by atoms with Gasteiger partial charge < -0.3 is 9.47 Å². The van der Waals surface area contributed by atoms with Crippen LogP contribution in [-0.4, -0.2) is 23.8 Å². The molecule has 20 heavy (non-hydrogen) atoms. The summed E-state index contributed by atoms with van der Waals surface area (Å²) in [4.78, 5) is 11.2. The lowest BCUT2D eigenvalue weighted by molar-refractivity contribution is -0.142. The average molecular weight is 278 g/mol. The summed E-state index contributed by atoms with van der Waals surface area (Å²) in [6, 6.07) is 0. The van der Waals surface area contributed by atoms with E-state index >= 15 is 0 Å². The van der Waals surface area contributed by atoms with E-state index in [0.717, 1.165) is 24.8 Å². The number of carbonyl (C=O) groups is 1. The molecule has 1 heterocycles. The fourth-order valence-electron chi connectivity index (χ4n) is 2.83. The van der Waals surface area contributed by atoms with Crippen LogP contribution >= 0.6 is 0 Å². The average Bonchev–Trinajstić information content (AvgIpc) is 2.92. The third-order valence-corrected chi connectivity index (χ3v) is 4.32. The first-order chi connectivity index (χ1) is 9.22. The lowest BCUT2D eigenvalue weighted by atomic mass is 9.83. The Morgan fingerprint density at radius 1 is 1.40 bits per heavy atom. The van der Waals surface area contributed by atoms with Gasteiger partial charge >= 0.3 is 5.97 Å². The van der Waals surface area contributed by atoms with E-state index in [2.05, 4.69) is 32.9 Å². The van der Waals surface area contributed by atoms with Crippen LogP contribution in [0.2, 0.25) is 0 Å². The standard InChI is InChI=1S/C17H26O3/c1-12-7-6-9-17(5)15(20-17)11-16(3,4)10-8-14(12)19-13(2)18/h7-8,10,14-15H,6,9,11H2,1-5H3/b10-8+,12-7+/t14-,15-,17-/m0/s1. The van der Waals surface area contributed by atoms with Crippen LogP contribution in [0.3, 0.4) is 0 Å². The minimum atomic E-state index is -0.241. The normalized spacial score (nSPS) is 40.5. The zero-order valence-corrected chi connectivity index (χ0v) is 13.2. The quantitative estimate of drug-likeness (QED) is 0.416. The minimum Gasteiger partial charge on any atom is -0.454 e. The fourth-order valence-corrected chi connectivity index (χ4v) is 2.83. The summed E-state index contributed by atoms with van der Waals surface area (Å²) in [5.74, 6) is -0.238. The molecule has 0 bridgehead atoms. The highest BCUT2D eigenvalue weighted by Gasteiger charge is 2.52. The van der Waals surface area contributed by atoms with Crippen LogP contribution in [0, 0.1) is 5.41 Å². The van der Waals surface area contributed by atoms with Gasteiger partial charge in [-0.2, -0.15) is 0 Å². The van der Waals surface area contributed by atoms with Crippen molar-refractivity contribution in [3.8, 4) is 0 Å². The van der Waals surface area contributed by atoms with Crippen molar-refractivity contribution in [1.82, 2.24) is 0 Å². The second-order valence-electron chi connectivity index (χ2n) is 6.99. The number of esters is 1. The lowest BCUT2D eigenvalue weighted by Crippen LogP contribution is -2.18. The number of allylic oxidation sites excluding steroid dienone is 2. The van der Waals surface area contributed by atoms with Crippen LogP contribution in [0.5, 0.6) is 0 Å². The van der Waals surface area contributed by atoms with Crippen LogP contribution in [-0.2, 0) is 14.3 Å². The van der Waals surface area contributed by atoms with Gasteiger partial charge in [-0.25, -0.2) is 0 Å². The summed E-state index contributed by atoms with van der Waals surface area (Å²) in [6.45, 7) is 10.1. The smallest absolute Gasteiger partial charge is 0.303 e. The van der Waals surface area contributed by atoms with Crippen LogP contribution < -0.4 is 0 Å². The predicted octanol–water partition coefficient (Wildman–Crippen LogP) is 3.79. The molecule has 3 heteroatoms. The number of hydrogen-bond donors (Lipinski definition) is 0. The molecule has 1 aliphatic heterocycles. The van der Waals surface area contributed by atoms with Crippen molar-refractivity contribution in [3.63, 3.8) is 0 Å². The van der Waals surface area contributed by atoms with E-state index in [4.69, 9.17) is 9.47 Å². The van der Waals surface area contributed by atoms with Gasteiger partial charge in [0.15, 0.2) is 0 Å². The summed E-state index contributed by atoms with van der Waals surface area (Å²) in [6.07, 6.45) is 9.44. The first kappa shape index (κ1) is 15.3. The Balaban J connectivity index is 2.21. The molecule has 0 aromatic heterocycles. The molecule has 2 rings (SSSR count). The van der Waals surface area contributed by atoms with E-state index in [1.807, 2.05) is 13.0 Å². The third-order valence-electron chi connectivity index (χ3n) is 4.32. The van der Waals surface area contributed by atoms with Gasteiger partial charge in [-0.15, -0.1) is 0 Å². The summed E-state index contributed by atoms with van der Waals surface area (Å²) >= 11 is 0. The summed E-state index contributed by atoms with van der Waals surface area (Å²) < 4.78 is 11.3. The van der Waals surface area contributed by atoms with E-state index in [1.165, 1.54) is 6.92 Å². The fraction of sp³-hybridized carbons (Fsp3) is 0.706. The molecule has 0 radical (unpaired) electrons. The van der Waals surface area contributed by atoms with Gasteiger partial charge in [-0.05, 0) is 50.2 Å². The monoisotopic (exact) mass is 278 g/mol. The highest BCUT2D eigenvalue weighted by atomic mass is 16.6. The molecule has 1 fully saturated rings. The first-order valence-electron chi connectivity index (χ1n) is 7.43. The second-order valence-corrected chi connectivity index (χ2v) is 6.99. The number of rotatable bonds is 1. The van der Waals surface area contributed by atoms with Gasteiger partial charge in [0.2, 0.25) is 0 Å². The summed E-state index contributed by atoms with van der Waals surface area (Å²) in [7, 11) is 0. The molecule has 0 aromatic rings. The van der Waals surface area contributed by atoms with Gasteiger partial charge in [0.05, 0.1) is 11.7 Å². The van der Waals surface area contributed by atoms with Crippen LogP contribution in [0.1, 0.15) is 53.9 Å². The van der Waals surface area contributed by atoms with Crippen molar-refractivity contribution in [1.29, 1.82) is 0 Å². The number of ether oxygens (including phenoxy) is 2. The van der Waals surface area contributed by atoms with E-state index < -0.39 is 0 Å². The first-order valence-corrected chi connectivity index (χ1v) is 7.43. The van der Waals surface area contributed by atoms with Gasteiger partial charge in [-0.1, -0.05) is 26.0 Å². The molecule has 0 spiro atoms. The molecule has 0 amide bonds. The van der Waals surface area contributed by atoms with Gasteiger partial charge in [0, 0.05) is 6.92 Å². The van der Waals surface area contributed by atoms with E-state index in [-0.39, 0.29) is 23.1 Å². The summed E-state index contributed by atoms with van der Waals surface area (Å²) in [5.41, 5.74) is 1.17. The molecule has 0 aromatic carbocycles. The molecule has 2 aliphatic rings. The molecule has 3 atom stereocenters. The Kier molecular flexibility index (Phi) is 4.10. The SMILES string of the molecule is CC(=O)O[C@H]1/C=C/C(C)(C)C[C@@H]2O[C@@]2(C)CC/C=C/1C. The number of hydrogen-bond acceptors (Lipinski definition) is 3. The zero-order chi connectivity index (χ0) is 15.0. The maximum absolute atomic E-state index is 11.2. The molecule has 1 saturated heterocycles. The number of fused-ring (bicyclic) bond motifs is 1. The van der Waals surface area contributed by atoms with Crippen LogP contribution in [0.4, 0.5) is 0 Å². The van der Waals surface area contributed by atoms with E-state index in [0.29, 0.717) is 6.10 Å². The van der Waals surface area contributed by atoms with Gasteiger partial charge in [0.1, 0.15) is 6.10 Å². The zero-order valence-electron chi connectivity index (χ0n) is 13.2. The van der Waals surface area contributed by atoms with Crippen molar-refractivity contribution in [2.45, 2.75) is 71.7 Å². The largest absolute Gasteiger partial charge is 0.454 e. The van der Waals surface area contributed by atoms with Crippen molar-refractivity contribution in [2.24, 2.45) is 5.41 Å². The third kappa shape index (κ3) is 3.72. The minimum absolute atomic E-state index is 0.0309. The Hall–Kier alpha value is -1.09. The molecule has 3 nitrogen and oxygen atoms in total. The number of epoxide rings is 1. The number of carbonyl (C=O) groups excluding carboxylic acids is 1. The highest BCUT2D eigenvalue weighted by molar-refractivity contribution is 5.66. The van der Waals surface area contributed by atoms with Crippen molar-refractivity contribution < 1.29 is 14.3 Å². The molecule has 0 saturated carbocycles. The highest BCUT2D eigenvalue weighted by Crippen LogP contribution is 2.47. The Morgan fingerprint density at radius 3 is 2.75 bits per heavy atom. The van der Waals surface area contributed by atoms with E-state index in [9.17, 15) is 4.79 Å². The second kappa shape index (κ2) is 5.36. The Labute approximate surface area is 122 Å². The molecular weight excluding hydrogens is 252 g/mol.